The molecule has 0 aliphatic rings. The number of halogens is 1. The second-order valence-corrected chi connectivity index (χ2v) is 5.74. The van der Waals surface area contributed by atoms with Crippen molar-refractivity contribution in [2.45, 2.75) is 19.4 Å². The van der Waals surface area contributed by atoms with Crippen LogP contribution in [0.5, 0.6) is 5.75 Å². The normalized spacial score (nSPS) is 11.6. The van der Waals surface area contributed by atoms with Crippen molar-refractivity contribution >= 4 is 23.5 Å². The van der Waals surface area contributed by atoms with Crippen molar-refractivity contribution in [3.63, 3.8) is 0 Å². The van der Waals surface area contributed by atoms with E-state index in [9.17, 15) is 14.7 Å². The Balaban J connectivity index is 2.00. The van der Waals surface area contributed by atoms with E-state index in [2.05, 4.69) is 5.32 Å². The average Bonchev–Trinajstić information content (AvgIpc) is 2.54. The van der Waals surface area contributed by atoms with E-state index < -0.39 is 17.9 Å². The van der Waals surface area contributed by atoms with E-state index >= 15 is 0 Å². The lowest BCUT2D eigenvalue weighted by atomic mass is 10.0. The van der Waals surface area contributed by atoms with Gasteiger partial charge in [0.1, 0.15) is 5.75 Å². The van der Waals surface area contributed by atoms with Gasteiger partial charge in [-0.1, -0.05) is 41.9 Å². The molecular weight excluding hydrogens is 330 g/mol. The summed E-state index contributed by atoms with van der Waals surface area (Å²) in [5.74, 6) is -1.06. The summed E-state index contributed by atoms with van der Waals surface area (Å²) in [6, 6.07) is 13.2. The molecule has 0 aliphatic heterocycles. The number of amides is 1. The van der Waals surface area contributed by atoms with Gasteiger partial charge in [0.05, 0.1) is 6.04 Å². The van der Waals surface area contributed by atoms with Crippen LogP contribution in [0, 0.1) is 6.92 Å². The first-order valence-corrected chi connectivity index (χ1v) is 7.76. The number of nitrogens with one attached hydrogen (secondary N) is 1. The summed E-state index contributed by atoms with van der Waals surface area (Å²) in [4.78, 5) is 23.0. The minimum atomic E-state index is -1.25. The highest BCUT2D eigenvalue weighted by Crippen LogP contribution is 2.20. The number of aliphatic carboxylic acids is 1. The summed E-state index contributed by atoms with van der Waals surface area (Å²) in [6.45, 7) is 1.67. The fraction of sp³-hybridized carbons (Fsp3) is 0.222. The lowest BCUT2D eigenvalue weighted by Gasteiger charge is -2.20. The smallest absolute Gasteiger partial charge is 0.258 e. The van der Waals surface area contributed by atoms with Gasteiger partial charge < -0.3 is 20.0 Å². The van der Waals surface area contributed by atoms with Gasteiger partial charge in [-0.25, -0.2) is 0 Å². The number of hydrogen-bond donors (Lipinski definition) is 1. The van der Waals surface area contributed by atoms with E-state index in [0.717, 1.165) is 5.56 Å². The van der Waals surface area contributed by atoms with Crippen LogP contribution in [-0.2, 0) is 9.59 Å². The highest BCUT2D eigenvalue weighted by molar-refractivity contribution is 6.30. The minimum Gasteiger partial charge on any atom is -0.550 e. The molecule has 0 saturated carbocycles. The lowest BCUT2D eigenvalue weighted by Crippen LogP contribution is -2.36. The monoisotopic (exact) mass is 346 g/mol. The predicted molar refractivity (Wildman–Crippen MR) is 88.6 cm³/mol. The van der Waals surface area contributed by atoms with Gasteiger partial charge in [-0.2, -0.15) is 0 Å². The van der Waals surface area contributed by atoms with Crippen LogP contribution in [-0.4, -0.2) is 18.5 Å². The van der Waals surface area contributed by atoms with Gasteiger partial charge in [0, 0.05) is 17.4 Å². The molecule has 6 heteroatoms. The van der Waals surface area contributed by atoms with Gasteiger partial charge in [-0.3, -0.25) is 4.79 Å². The summed E-state index contributed by atoms with van der Waals surface area (Å²) in [6.07, 6.45) is -0.336. The highest BCUT2D eigenvalue weighted by Gasteiger charge is 2.15. The highest BCUT2D eigenvalue weighted by atomic mass is 35.5. The zero-order chi connectivity index (χ0) is 17.5. The van der Waals surface area contributed by atoms with E-state index in [1.807, 2.05) is 25.1 Å². The maximum Gasteiger partial charge on any atom is 0.258 e. The van der Waals surface area contributed by atoms with Crippen molar-refractivity contribution in [3.05, 3.63) is 64.7 Å². The number of aryl methyl sites for hydroxylation is 1. The number of carboxylic acid groups (broad SMARTS) is 1. The zero-order valence-corrected chi connectivity index (χ0v) is 13.9. The largest absolute Gasteiger partial charge is 0.550 e. The second-order valence-electron chi connectivity index (χ2n) is 5.30. The van der Waals surface area contributed by atoms with E-state index in [0.29, 0.717) is 16.3 Å². The van der Waals surface area contributed by atoms with Crippen LogP contribution in [0.3, 0.4) is 0 Å². The van der Waals surface area contributed by atoms with Crippen molar-refractivity contribution in [2.75, 3.05) is 6.61 Å². The summed E-state index contributed by atoms with van der Waals surface area (Å²) >= 11 is 5.82. The van der Waals surface area contributed by atoms with Gasteiger partial charge in [-0.15, -0.1) is 0 Å². The Labute approximate surface area is 145 Å². The Morgan fingerprint density at radius 2 is 1.83 bits per heavy atom. The van der Waals surface area contributed by atoms with Crippen LogP contribution in [0.1, 0.15) is 23.6 Å². The predicted octanol–water partition coefficient (Wildman–Crippen LogP) is 2.02. The Hall–Kier alpha value is -2.53. The van der Waals surface area contributed by atoms with Gasteiger partial charge in [0.25, 0.3) is 5.91 Å². The Kier molecular flexibility index (Phi) is 6.21. The number of benzene rings is 2. The van der Waals surface area contributed by atoms with Crippen LogP contribution in [0.15, 0.2) is 48.5 Å². The van der Waals surface area contributed by atoms with Gasteiger partial charge in [-0.05, 0) is 36.2 Å². The van der Waals surface area contributed by atoms with Crippen molar-refractivity contribution in [1.29, 1.82) is 0 Å². The summed E-state index contributed by atoms with van der Waals surface area (Å²) in [5.41, 5.74) is 1.54. The molecule has 1 amide bonds. The molecule has 1 N–H and O–H groups in total. The fourth-order valence-corrected chi connectivity index (χ4v) is 2.34. The molecule has 0 radical (unpaired) electrons. The van der Waals surface area contributed by atoms with Gasteiger partial charge in [0.15, 0.2) is 6.61 Å². The number of rotatable bonds is 7. The zero-order valence-electron chi connectivity index (χ0n) is 13.1. The molecule has 0 spiro atoms. The standard InChI is InChI=1S/C18H18ClNO4/c1-12-4-2-3-5-16(12)24-11-17(21)20-15(10-18(22)23)13-6-8-14(19)9-7-13/h2-9,15H,10-11H2,1H3,(H,20,21)(H,22,23)/p-1/t15-/m0/s1. The molecule has 2 rings (SSSR count). The molecule has 0 aromatic heterocycles. The summed E-state index contributed by atoms with van der Waals surface area (Å²) in [5, 5.41) is 14.1. The lowest BCUT2D eigenvalue weighted by molar-refractivity contribution is -0.306. The van der Waals surface area contributed by atoms with Crippen molar-refractivity contribution in [2.24, 2.45) is 0 Å². The third-order valence-electron chi connectivity index (χ3n) is 3.43. The van der Waals surface area contributed by atoms with E-state index in [4.69, 9.17) is 16.3 Å². The molecule has 5 nitrogen and oxygen atoms in total. The molecule has 0 heterocycles. The third-order valence-corrected chi connectivity index (χ3v) is 3.68. The van der Waals surface area contributed by atoms with Crippen LogP contribution < -0.4 is 15.2 Å². The van der Waals surface area contributed by atoms with Crippen LogP contribution in [0.2, 0.25) is 5.02 Å². The minimum absolute atomic E-state index is 0.206. The Morgan fingerprint density at radius 3 is 2.46 bits per heavy atom. The maximum atomic E-state index is 12.1. The van der Waals surface area contributed by atoms with Crippen molar-refractivity contribution in [3.8, 4) is 5.75 Å². The molecule has 126 valence electrons. The van der Waals surface area contributed by atoms with Crippen molar-refractivity contribution in [1.82, 2.24) is 5.32 Å². The molecule has 2 aromatic rings. The van der Waals surface area contributed by atoms with E-state index in [1.165, 1.54) is 0 Å². The first kappa shape index (κ1) is 17.8. The van der Waals surface area contributed by atoms with Crippen LogP contribution >= 0.6 is 11.6 Å². The van der Waals surface area contributed by atoms with E-state index in [-0.39, 0.29) is 13.0 Å². The third kappa shape index (κ3) is 5.28. The average molecular weight is 347 g/mol. The molecule has 0 fully saturated rings. The quantitative estimate of drug-likeness (QED) is 0.832. The number of hydrogen-bond acceptors (Lipinski definition) is 4. The number of para-hydroxylation sites is 1. The number of ether oxygens (including phenoxy) is 1. The molecule has 0 saturated heterocycles. The topological polar surface area (TPSA) is 78.5 Å². The van der Waals surface area contributed by atoms with Crippen LogP contribution in [0.25, 0.3) is 0 Å². The first-order valence-electron chi connectivity index (χ1n) is 7.39. The SMILES string of the molecule is Cc1ccccc1OCC(=O)N[C@@H](CC(=O)[O-])c1ccc(Cl)cc1. The molecule has 2 aromatic carbocycles. The second kappa shape index (κ2) is 8.36. The molecule has 0 aliphatic carbocycles. The maximum absolute atomic E-state index is 12.1. The molecule has 1 atom stereocenters. The van der Waals surface area contributed by atoms with E-state index in [1.54, 1.807) is 30.3 Å². The summed E-state index contributed by atoms with van der Waals surface area (Å²) < 4.78 is 5.46. The molecule has 0 bridgehead atoms. The summed E-state index contributed by atoms with van der Waals surface area (Å²) in [7, 11) is 0. The molecule has 0 unspecified atom stereocenters. The van der Waals surface area contributed by atoms with Gasteiger partial charge in [0.2, 0.25) is 0 Å². The van der Waals surface area contributed by atoms with Crippen LogP contribution in [0.4, 0.5) is 0 Å². The number of carbonyl (C=O) groups excluding carboxylic acids is 2. The first-order chi connectivity index (χ1) is 11.5. The number of carbonyl (C=O) groups is 2. The molecular formula is C18H17ClNO4-. The number of carboxylic acids is 1. The van der Waals surface area contributed by atoms with Crippen molar-refractivity contribution < 1.29 is 19.4 Å². The molecule has 24 heavy (non-hydrogen) atoms. The fourth-order valence-electron chi connectivity index (χ4n) is 2.21. The Morgan fingerprint density at radius 1 is 1.17 bits per heavy atom. The Bertz CT molecular complexity index is 715. The van der Waals surface area contributed by atoms with Gasteiger partial charge >= 0.3 is 0 Å².